The van der Waals surface area contributed by atoms with E-state index in [1.165, 1.54) is 12.1 Å². The summed E-state index contributed by atoms with van der Waals surface area (Å²) in [6.45, 7) is 12.6. The summed E-state index contributed by atoms with van der Waals surface area (Å²) in [5.74, 6) is -0.0843. The number of hydrogen-bond acceptors (Lipinski definition) is 3. The van der Waals surface area contributed by atoms with Gasteiger partial charge in [-0.3, -0.25) is 9.59 Å². The maximum absolute atomic E-state index is 13.2. The highest BCUT2D eigenvalue weighted by Gasteiger charge is 2.23. The summed E-state index contributed by atoms with van der Waals surface area (Å²) in [7, 11) is 0. The molecule has 1 heterocycles. The molecule has 0 aliphatic heterocycles. The van der Waals surface area contributed by atoms with Crippen molar-refractivity contribution in [3.05, 3.63) is 77.2 Å². The van der Waals surface area contributed by atoms with Crippen LogP contribution >= 0.6 is 0 Å². The van der Waals surface area contributed by atoms with E-state index < -0.39 is 0 Å². The molecule has 35 heavy (non-hydrogen) atoms. The average Bonchev–Trinajstić information content (AvgIpc) is 3.19. The Labute approximate surface area is 207 Å². The van der Waals surface area contributed by atoms with Gasteiger partial charge in [0.15, 0.2) is 0 Å². The van der Waals surface area contributed by atoms with Crippen LogP contribution < -0.4 is 5.32 Å². The molecule has 7 heteroatoms. The summed E-state index contributed by atoms with van der Waals surface area (Å²) in [6, 6.07) is 15.6. The van der Waals surface area contributed by atoms with E-state index in [4.69, 9.17) is 5.10 Å². The van der Waals surface area contributed by atoms with Crippen LogP contribution in [0.4, 0.5) is 10.2 Å². The van der Waals surface area contributed by atoms with Gasteiger partial charge in [0.05, 0.1) is 24.3 Å². The first-order chi connectivity index (χ1) is 16.4. The first-order valence-electron chi connectivity index (χ1n) is 11.9. The highest BCUT2D eigenvalue weighted by molar-refractivity contribution is 5.94. The lowest BCUT2D eigenvalue weighted by molar-refractivity contribution is -0.134. The minimum absolute atomic E-state index is 0.0812. The lowest BCUT2D eigenvalue weighted by atomic mass is 9.92. The molecule has 1 aromatic heterocycles. The fourth-order valence-electron chi connectivity index (χ4n) is 3.66. The van der Waals surface area contributed by atoms with E-state index in [9.17, 15) is 14.0 Å². The number of nitrogens with one attached hydrogen (secondary N) is 1. The Kier molecular flexibility index (Phi) is 8.10. The summed E-state index contributed by atoms with van der Waals surface area (Å²) in [6.07, 6.45) is 0.107. The molecular weight excluding hydrogens is 443 g/mol. The standard InChI is InChI=1S/C28H35FN4O2/c1-19(2)17-32(27(35)15-21-9-11-22(29)12-10-21)18-26(34)30-25-16-24(28(4,5)6)31-33(25)23-13-7-20(3)8-14-23/h7-14,16,19H,15,17-18H2,1-6H3,(H,30,34). The minimum atomic E-state index is -0.348. The van der Waals surface area contributed by atoms with Gasteiger partial charge in [-0.05, 0) is 42.7 Å². The van der Waals surface area contributed by atoms with Crippen molar-refractivity contribution in [1.82, 2.24) is 14.7 Å². The Morgan fingerprint density at radius 3 is 2.26 bits per heavy atom. The van der Waals surface area contributed by atoms with Gasteiger partial charge in [-0.2, -0.15) is 5.10 Å². The van der Waals surface area contributed by atoms with Crippen molar-refractivity contribution in [3.8, 4) is 5.69 Å². The van der Waals surface area contributed by atoms with Gasteiger partial charge in [-0.15, -0.1) is 0 Å². The van der Waals surface area contributed by atoms with Crippen LogP contribution in [0.2, 0.25) is 0 Å². The predicted octanol–water partition coefficient (Wildman–Crippen LogP) is 5.28. The van der Waals surface area contributed by atoms with Gasteiger partial charge in [0.2, 0.25) is 11.8 Å². The predicted molar refractivity (Wildman–Crippen MR) is 137 cm³/mol. The molecule has 2 aromatic carbocycles. The second-order valence-corrected chi connectivity index (χ2v) is 10.4. The van der Waals surface area contributed by atoms with Crippen LogP contribution in [-0.4, -0.2) is 39.6 Å². The summed E-state index contributed by atoms with van der Waals surface area (Å²) in [4.78, 5) is 27.7. The Bertz CT molecular complexity index is 1160. The second-order valence-electron chi connectivity index (χ2n) is 10.4. The summed E-state index contributed by atoms with van der Waals surface area (Å²) >= 11 is 0. The number of rotatable bonds is 8. The van der Waals surface area contributed by atoms with Crippen LogP contribution in [0.5, 0.6) is 0 Å². The third-order valence-electron chi connectivity index (χ3n) is 5.57. The topological polar surface area (TPSA) is 67.2 Å². The van der Waals surface area contributed by atoms with Crippen molar-refractivity contribution < 1.29 is 14.0 Å². The molecule has 186 valence electrons. The molecule has 0 radical (unpaired) electrons. The monoisotopic (exact) mass is 478 g/mol. The van der Waals surface area contributed by atoms with Gasteiger partial charge in [0.25, 0.3) is 0 Å². The normalized spacial score (nSPS) is 11.5. The van der Waals surface area contributed by atoms with Crippen LogP contribution in [0.15, 0.2) is 54.6 Å². The number of benzene rings is 2. The Balaban J connectivity index is 1.80. The number of carbonyl (C=O) groups excluding carboxylic acids is 2. The number of aryl methyl sites for hydroxylation is 1. The average molecular weight is 479 g/mol. The molecule has 0 saturated carbocycles. The van der Waals surface area contributed by atoms with Crippen LogP contribution in [0.3, 0.4) is 0 Å². The van der Waals surface area contributed by atoms with E-state index >= 15 is 0 Å². The Morgan fingerprint density at radius 2 is 1.69 bits per heavy atom. The van der Waals surface area contributed by atoms with E-state index in [0.717, 1.165) is 16.9 Å². The Morgan fingerprint density at radius 1 is 1.06 bits per heavy atom. The van der Waals surface area contributed by atoms with Gasteiger partial charge in [0.1, 0.15) is 11.6 Å². The van der Waals surface area contributed by atoms with Gasteiger partial charge in [-0.1, -0.05) is 64.4 Å². The zero-order valence-corrected chi connectivity index (χ0v) is 21.4. The minimum Gasteiger partial charge on any atom is -0.333 e. The fourth-order valence-corrected chi connectivity index (χ4v) is 3.66. The smallest absolute Gasteiger partial charge is 0.245 e. The lowest BCUT2D eigenvalue weighted by Gasteiger charge is -2.24. The van der Waals surface area contributed by atoms with Gasteiger partial charge in [0, 0.05) is 18.0 Å². The van der Waals surface area contributed by atoms with Crippen LogP contribution in [0.1, 0.15) is 51.4 Å². The molecule has 0 atom stereocenters. The maximum Gasteiger partial charge on any atom is 0.245 e. The molecule has 6 nitrogen and oxygen atoms in total. The third kappa shape index (κ3) is 7.25. The first-order valence-corrected chi connectivity index (χ1v) is 11.9. The number of halogens is 1. The van der Waals surface area contributed by atoms with Gasteiger partial charge < -0.3 is 10.2 Å². The molecule has 0 bridgehead atoms. The van der Waals surface area contributed by atoms with Crippen molar-refractivity contribution in [2.45, 2.75) is 53.4 Å². The summed E-state index contributed by atoms with van der Waals surface area (Å²) in [5.41, 5.74) is 3.32. The van der Waals surface area contributed by atoms with Crippen LogP contribution in [0, 0.1) is 18.7 Å². The summed E-state index contributed by atoms with van der Waals surface area (Å²) < 4.78 is 15.0. The highest BCUT2D eigenvalue weighted by atomic mass is 19.1. The fraction of sp³-hybridized carbons (Fsp3) is 0.393. The van der Waals surface area contributed by atoms with Gasteiger partial charge in [-0.25, -0.2) is 9.07 Å². The van der Waals surface area contributed by atoms with E-state index in [2.05, 4.69) is 26.1 Å². The molecule has 2 amide bonds. The first kappa shape index (κ1) is 26.1. The van der Waals surface area contributed by atoms with Crippen molar-refractivity contribution in [1.29, 1.82) is 0 Å². The number of aromatic nitrogens is 2. The zero-order chi connectivity index (χ0) is 25.8. The number of nitrogens with zero attached hydrogens (tertiary/aromatic N) is 3. The molecule has 0 aliphatic rings. The molecule has 0 spiro atoms. The number of carbonyl (C=O) groups is 2. The molecule has 1 N–H and O–H groups in total. The van der Waals surface area contributed by atoms with E-state index in [1.807, 2.05) is 51.1 Å². The number of amides is 2. The van der Waals surface area contributed by atoms with Crippen molar-refractivity contribution >= 4 is 17.6 Å². The van der Waals surface area contributed by atoms with Crippen molar-refractivity contribution in [2.24, 2.45) is 5.92 Å². The molecule has 3 aromatic rings. The molecule has 0 saturated heterocycles. The van der Waals surface area contributed by atoms with E-state index in [1.54, 1.807) is 21.7 Å². The number of anilines is 1. The van der Waals surface area contributed by atoms with Crippen LogP contribution in [0.25, 0.3) is 5.69 Å². The van der Waals surface area contributed by atoms with Gasteiger partial charge >= 0.3 is 0 Å². The van der Waals surface area contributed by atoms with Crippen molar-refractivity contribution in [3.63, 3.8) is 0 Å². The molecule has 0 unspecified atom stereocenters. The Hall–Kier alpha value is -3.48. The second kappa shape index (κ2) is 10.8. The lowest BCUT2D eigenvalue weighted by Crippen LogP contribution is -2.41. The van der Waals surface area contributed by atoms with E-state index in [-0.39, 0.29) is 41.9 Å². The zero-order valence-electron chi connectivity index (χ0n) is 21.4. The number of hydrogen-bond donors (Lipinski definition) is 1. The summed E-state index contributed by atoms with van der Waals surface area (Å²) in [5, 5.41) is 7.71. The molecule has 3 rings (SSSR count). The van der Waals surface area contributed by atoms with Crippen molar-refractivity contribution in [2.75, 3.05) is 18.4 Å². The quantitative estimate of drug-likeness (QED) is 0.479. The highest BCUT2D eigenvalue weighted by Crippen LogP contribution is 2.26. The van der Waals surface area contributed by atoms with E-state index in [0.29, 0.717) is 17.9 Å². The molecule has 0 fully saturated rings. The maximum atomic E-state index is 13.2. The molecule has 0 aliphatic carbocycles. The third-order valence-corrected chi connectivity index (χ3v) is 5.57. The SMILES string of the molecule is Cc1ccc(-n2nc(C(C)(C)C)cc2NC(=O)CN(CC(C)C)C(=O)Cc2ccc(F)cc2)cc1. The molecular formula is C28H35FN4O2. The largest absolute Gasteiger partial charge is 0.333 e. The van der Waals surface area contributed by atoms with Crippen LogP contribution in [-0.2, 0) is 21.4 Å².